The van der Waals surface area contributed by atoms with E-state index in [-0.39, 0.29) is 22.5 Å². The number of carbonyl (C=O) groups excluding carboxylic acids is 2. The number of thioether (sulfide) groups is 1. The number of ether oxygens (including phenoxy) is 1. The molecule has 1 aliphatic carbocycles. The number of hydrogen-bond donors (Lipinski definition) is 2. The maximum atomic E-state index is 13.1. The summed E-state index contributed by atoms with van der Waals surface area (Å²) in [6.07, 6.45) is 3.46. The van der Waals surface area contributed by atoms with Crippen molar-refractivity contribution in [2.75, 3.05) is 18.2 Å². The Morgan fingerprint density at radius 1 is 1.35 bits per heavy atom. The molecule has 3 N–H and O–H groups in total. The number of benzene rings is 1. The number of nitrogens with one attached hydrogen (secondary N) is 1. The van der Waals surface area contributed by atoms with Crippen LogP contribution in [0.3, 0.4) is 0 Å². The lowest BCUT2D eigenvalue weighted by Crippen LogP contribution is -2.27. The lowest BCUT2D eigenvalue weighted by molar-refractivity contribution is -0.115. The van der Waals surface area contributed by atoms with E-state index >= 15 is 0 Å². The van der Waals surface area contributed by atoms with Gasteiger partial charge in [0.15, 0.2) is 0 Å². The number of amides is 1. The van der Waals surface area contributed by atoms with Gasteiger partial charge in [0.2, 0.25) is 5.91 Å². The predicted octanol–water partition coefficient (Wildman–Crippen LogP) is 5.78. The topological polar surface area (TPSA) is 81.4 Å². The van der Waals surface area contributed by atoms with E-state index in [1.165, 1.54) is 35.1 Å². The second-order valence-corrected chi connectivity index (χ2v) is 11.5. The number of nitrogens with two attached hydrogens (primary N) is 1. The van der Waals surface area contributed by atoms with Crippen LogP contribution in [0.2, 0.25) is 0 Å². The van der Waals surface area contributed by atoms with E-state index in [0.29, 0.717) is 28.6 Å². The van der Waals surface area contributed by atoms with Crippen molar-refractivity contribution in [3.8, 4) is 0 Å². The lowest BCUT2D eigenvalue weighted by atomic mass is 9.72. The number of hydrogen-bond acceptors (Lipinski definition) is 6. The summed E-state index contributed by atoms with van der Waals surface area (Å²) in [4.78, 5) is 27.9. The molecule has 1 amide bonds. The molecular weight excluding hydrogens is 428 g/mol. The summed E-state index contributed by atoms with van der Waals surface area (Å²) in [5.74, 6) is 0.0692. The quantitative estimate of drug-likeness (QED) is 0.324. The SMILES string of the molecule is CCC(Sc1cccc(N)c1)C(=O)Nc1sc2c(c1C(=O)OC)CCC(C(C)(C)C)C2. The first-order chi connectivity index (χ1) is 14.6. The molecule has 0 saturated heterocycles. The molecule has 3 rings (SSSR count). The maximum Gasteiger partial charge on any atom is 0.341 e. The number of esters is 1. The monoisotopic (exact) mass is 460 g/mol. The van der Waals surface area contributed by atoms with Crippen LogP contribution in [0.25, 0.3) is 0 Å². The minimum absolute atomic E-state index is 0.106. The Morgan fingerprint density at radius 2 is 2.10 bits per heavy atom. The fourth-order valence-electron chi connectivity index (χ4n) is 4.00. The van der Waals surface area contributed by atoms with E-state index in [2.05, 4.69) is 26.1 Å². The van der Waals surface area contributed by atoms with Crippen LogP contribution < -0.4 is 11.1 Å². The molecule has 1 heterocycles. The first kappa shape index (κ1) is 23.7. The minimum Gasteiger partial charge on any atom is -0.465 e. The molecule has 0 spiro atoms. The molecule has 1 aromatic heterocycles. The molecule has 2 aromatic rings. The molecule has 31 heavy (non-hydrogen) atoms. The molecule has 2 unspecified atom stereocenters. The van der Waals surface area contributed by atoms with Crippen LogP contribution in [0, 0.1) is 11.3 Å². The summed E-state index contributed by atoms with van der Waals surface area (Å²) in [5.41, 5.74) is 8.34. The van der Waals surface area contributed by atoms with Gasteiger partial charge in [-0.3, -0.25) is 4.79 Å². The largest absolute Gasteiger partial charge is 0.465 e. The Hall–Kier alpha value is -1.99. The molecular formula is C24H32N2O3S2. The number of methoxy groups -OCH3 is 1. The van der Waals surface area contributed by atoms with Gasteiger partial charge >= 0.3 is 5.97 Å². The smallest absolute Gasteiger partial charge is 0.341 e. The van der Waals surface area contributed by atoms with Gasteiger partial charge in [0, 0.05) is 15.5 Å². The molecule has 0 fully saturated rings. The number of anilines is 2. The van der Waals surface area contributed by atoms with E-state index in [1.54, 1.807) is 0 Å². The number of fused-ring (bicyclic) bond motifs is 1. The molecule has 0 bridgehead atoms. The van der Waals surface area contributed by atoms with Crippen LogP contribution in [-0.2, 0) is 22.4 Å². The highest BCUT2D eigenvalue weighted by Crippen LogP contribution is 2.44. The van der Waals surface area contributed by atoms with Crippen LogP contribution in [0.5, 0.6) is 0 Å². The van der Waals surface area contributed by atoms with Gasteiger partial charge in [-0.25, -0.2) is 4.79 Å². The van der Waals surface area contributed by atoms with Crippen molar-refractivity contribution >= 4 is 45.7 Å². The maximum absolute atomic E-state index is 13.1. The van der Waals surface area contributed by atoms with Gasteiger partial charge in [0.05, 0.1) is 17.9 Å². The summed E-state index contributed by atoms with van der Waals surface area (Å²) in [6.45, 7) is 8.77. The summed E-state index contributed by atoms with van der Waals surface area (Å²) >= 11 is 3.01. The van der Waals surface area contributed by atoms with Crippen molar-refractivity contribution in [3.05, 3.63) is 40.3 Å². The summed E-state index contributed by atoms with van der Waals surface area (Å²) in [5, 5.41) is 3.38. The zero-order valence-electron chi connectivity index (χ0n) is 18.9. The van der Waals surface area contributed by atoms with Gasteiger partial charge in [-0.1, -0.05) is 33.8 Å². The van der Waals surface area contributed by atoms with E-state index in [9.17, 15) is 9.59 Å². The van der Waals surface area contributed by atoms with Gasteiger partial charge in [-0.05, 0) is 60.8 Å². The van der Waals surface area contributed by atoms with Crippen molar-refractivity contribution in [2.24, 2.45) is 11.3 Å². The Labute approximate surface area is 193 Å². The van der Waals surface area contributed by atoms with Crippen LogP contribution in [0.1, 0.15) is 61.3 Å². The third-order valence-electron chi connectivity index (χ3n) is 5.92. The Morgan fingerprint density at radius 3 is 2.71 bits per heavy atom. The second-order valence-electron chi connectivity index (χ2n) is 9.08. The fourth-order valence-corrected chi connectivity index (χ4v) is 6.34. The Kier molecular flexibility index (Phi) is 7.37. The second kappa shape index (κ2) is 9.65. The van der Waals surface area contributed by atoms with Gasteiger partial charge < -0.3 is 15.8 Å². The van der Waals surface area contributed by atoms with Crippen molar-refractivity contribution < 1.29 is 14.3 Å². The van der Waals surface area contributed by atoms with Crippen LogP contribution in [0.15, 0.2) is 29.2 Å². The number of nitrogen functional groups attached to an aromatic ring is 1. The first-order valence-corrected chi connectivity index (χ1v) is 12.4. The van der Waals surface area contributed by atoms with Gasteiger partial charge in [0.25, 0.3) is 0 Å². The average molecular weight is 461 g/mol. The Bertz CT molecular complexity index is 962. The number of carbonyl (C=O) groups is 2. The zero-order valence-corrected chi connectivity index (χ0v) is 20.5. The summed E-state index contributed by atoms with van der Waals surface area (Å²) in [6, 6.07) is 7.54. The molecule has 0 radical (unpaired) electrons. The fraction of sp³-hybridized carbons (Fsp3) is 0.500. The molecule has 7 heteroatoms. The van der Waals surface area contributed by atoms with E-state index in [0.717, 1.165) is 29.7 Å². The normalized spacial score (nSPS) is 17.0. The molecule has 0 aliphatic heterocycles. The van der Waals surface area contributed by atoms with E-state index in [1.807, 2.05) is 31.2 Å². The Balaban J connectivity index is 1.85. The molecule has 2 atom stereocenters. The lowest BCUT2D eigenvalue weighted by Gasteiger charge is -2.33. The number of rotatable bonds is 6. The molecule has 168 valence electrons. The summed E-state index contributed by atoms with van der Waals surface area (Å²) in [7, 11) is 1.39. The first-order valence-electron chi connectivity index (χ1n) is 10.7. The van der Waals surface area contributed by atoms with Gasteiger partial charge in [-0.2, -0.15) is 0 Å². The highest BCUT2D eigenvalue weighted by Gasteiger charge is 2.34. The van der Waals surface area contributed by atoms with Crippen LogP contribution in [0.4, 0.5) is 10.7 Å². The van der Waals surface area contributed by atoms with Crippen LogP contribution in [-0.4, -0.2) is 24.2 Å². The van der Waals surface area contributed by atoms with Gasteiger partial charge in [-0.15, -0.1) is 23.1 Å². The van der Waals surface area contributed by atoms with Crippen molar-refractivity contribution in [1.82, 2.24) is 0 Å². The third kappa shape index (κ3) is 5.44. The minimum atomic E-state index is -0.376. The molecule has 1 aliphatic rings. The van der Waals surface area contributed by atoms with E-state index in [4.69, 9.17) is 10.5 Å². The number of thiophene rings is 1. The molecule has 1 aromatic carbocycles. The van der Waals surface area contributed by atoms with E-state index < -0.39 is 0 Å². The van der Waals surface area contributed by atoms with Crippen LogP contribution >= 0.6 is 23.1 Å². The average Bonchev–Trinajstić information content (AvgIpc) is 3.07. The molecule has 5 nitrogen and oxygen atoms in total. The van der Waals surface area contributed by atoms with Crippen molar-refractivity contribution in [2.45, 2.75) is 63.5 Å². The standard InChI is InChI=1S/C24H32N2O3S2/c1-6-18(30-16-9-7-8-15(25)13-16)21(27)26-22-20(23(28)29-5)17-11-10-14(24(2,3)4)12-19(17)31-22/h7-9,13-14,18H,6,10-12,25H2,1-5H3,(H,26,27). The van der Waals surface area contributed by atoms with Gasteiger partial charge in [0.1, 0.15) is 5.00 Å². The predicted molar refractivity (Wildman–Crippen MR) is 130 cm³/mol. The van der Waals surface area contributed by atoms with Crippen molar-refractivity contribution in [1.29, 1.82) is 0 Å². The summed E-state index contributed by atoms with van der Waals surface area (Å²) < 4.78 is 5.07. The zero-order chi connectivity index (χ0) is 22.8. The third-order valence-corrected chi connectivity index (χ3v) is 8.44. The molecule has 0 saturated carbocycles. The highest BCUT2D eigenvalue weighted by molar-refractivity contribution is 8.00. The van der Waals surface area contributed by atoms with Crippen molar-refractivity contribution in [3.63, 3.8) is 0 Å². The highest BCUT2D eigenvalue weighted by atomic mass is 32.2.